The normalized spacial score (nSPS) is 9.95. The lowest BCUT2D eigenvalue weighted by atomic mass is 10.1. The number of nitrogens with one attached hydrogen (secondary N) is 1. The van der Waals surface area contributed by atoms with Crippen molar-refractivity contribution in [3.05, 3.63) is 57.6 Å². The number of anilines is 1. The highest BCUT2D eigenvalue weighted by atomic mass is 16.1. The van der Waals surface area contributed by atoms with Gasteiger partial charge in [0, 0.05) is 19.7 Å². The molecule has 0 saturated heterocycles. The molecule has 0 bridgehead atoms. The zero-order valence-electron chi connectivity index (χ0n) is 10.8. The van der Waals surface area contributed by atoms with Gasteiger partial charge in [0.25, 0.3) is 5.56 Å². The summed E-state index contributed by atoms with van der Waals surface area (Å²) in [5.41, 5.74) is 1.46. The number of aryl methyl sites for hydroxylation is 1. The van der Waals surface area contributed by atoms with Crippen LogP contribution in [0.2, 0.25) is 0 Å². The third-order valence-corrected chi connectivity index (χ3v) is 2.71. The van der Waals surface area contributed by atoms with Gasteiger partial charge in [-0.3, -0.25) is 4.79 Å². The van der Waals surface area contributed by atoms with Crippen LogP contribution < -0.4 is 10.5 Å². The van der Waals surface area contributed by atoms with E-state index < -0.39 is 0 Å². The summed E-state index contributed by atoms with van der Waals surface area (Å²) < 4.78 is 0. The van der Waals surface area contributed by atoms with E-state index in [1.54, 1.807) is 13.0 Å². The van der Waals surface area contributed by atoms with Crippen LogP contribution in [-0.4, -0.2) is 17.0 Å². The average molecular weight is 254 g/mol. The van der Waals surface area contributed by atoms with Crippen molar-refractivity contribution in [2.24, 2.45) is 0 Å². The second-order valence-corrected chi connectivity index (χ2v) is 4.36. The molecule has 96 valence electrons. The molecule has 5 nitrogen and oxygen atoms in total. The molecule has 0 unspecified atom stereocenters. The first-order valence-electron chi connectivity index (χ1n) is 5.86. The maximum atomic E-state index is 11.4. The summed E-state index contributed by atoms with van der Waals surface area (Å²) >= 11 is 0. The monoisotopic (exact) mass is 254 g/mol. The van der Waals surface area contributed by atoms with Gasteiger partial charge in [-0.15, -0.1) is 0 Å². The molecule has 19 heavy (non-hydrogen) atoms. The van der Waals surface area contributed by atoms with Crippen LogP contribution in [0.1, 0.15) is 17.0 Å². The third-order valence-electron chi connectivity index (χ3n) is 2.71. The fraction of sp³-hybridized carbons (Fsp3) is 0.214. The van der Waals surface area contributed by atoms with Gasteiger partial charge >= 0.3 is 0 Å². The van der Waals surface area contributed by atoms with Crippen molar-refractivity contribution < 1.29 is 0 Å². The summed E-state index contributed by atoms with van der Waals surface area (Å²) in [6.07, 6.45) is 0. The van der Waals surface area contributed by atoms with Gasteiger partial charge in [0.05, 0.1) is 11.6 Å². The van der Waals surface area contributed by atoms with Gasteiger partial charge < -0.3 is 9.88 Å². The van der Waals surface area contributed by atoms with Gasteiger partial charge in [-0.2, -0.15) is 5.26 Å². The second-order valence-electron chi connectivity index (χ2n) is 4.36. The standard InChI is InChI=1S/C14H14N4O/c1-10-16-13(7-14(19)17-10)18(2)9-12-5-3-4-11(6-12)8-15/h3-7H,9H2,1-2H3,(H,16,17,19). The topological polar surface area (TPSA) is 72.8 Å². The molecule has 2 rings (SSSR count). The van der Waals surface area contributed by atoms with E-state index in [9.17, 15) is 4.79 Å². The lowest BCUT2D eigenvalue weighted by Crippen LogP contribution is -2.21. The molecule has 1 heterocycles. The van der Waals surface area contributed by atoms with Gasteiger partial charge in [0.1, 0.15) is 11.6 Å². The summed E-state index contributed by atoms with van der Waals surface area (Å²) in [7, 11) is 1.86. The van der Waals surface area contributed by atoms with E-state index in [4.69, 9.17) is 5.26 Å². The number of rotatable bonds is 3. The van der Waals surface area contributed by atoms with E-state index in [2.05, 4.69) is 16.0 Å². The summed E-state index contributed by atoms with van der Waals surface area (Å²) in [5, 5.41) is 8.86. The van der Waals surface area contributed by atoms with Crippen LogP contribution >= 0.6 is 0 Å². The SMILES string of the molecule is Cc1nc(N(C)Cc2cccc(C#N)c2)cc(=O)[nH]1. The zero-order chi connectivity index (χ0) is 13.8. The number of nitrogens with zero attached hydrogens (tertiary/aromatic N) is 3. The Balaban J connectivity index is 2.23. The molecule has 2 aromatic rings. The fourth-order valence-corrected chi connectivity index (χ4v) is 1.85. The lowest BCUT2D eigenvalue weighted by molar-refractivity contribution is 0.872. The minimum Gasteiger partial charge on any atom is -0.355 e. The molecule has 0 spiro atoms. The molecule has 0 amide bonds. The van der Waals surface area contributed by atoms with Crippen molar-refractivity contribution in [3.8, 4) is 6.07 Å². The molecule has 0 radical (unpaired) electrons. The molecule has 5 heteroatoms. The van der Waals surface area contributed by atoms with Crippen LogP contribution in [0.3, 0.4) is 0 Å². The minimum atomic E-state index is -0.167. The summed E-state index contributed by atoms with van der Waals surface area (Å²) in [6.45, 7) is 2.33. The van der Waals surface area contributed by atoms with Crippen LogP contribution in [0, 0.1) is 18.3 Å². The summed E-state index contributed by atoms with van der Waals surface area (Å²) in [4.78, 5) is 20.2. The number of aromatic amines is 1. The molecule has 0 atom stereocenters. The summed E-state index contributed by atoms with van der Waals surface area (Å²) in [5.74, 6) is 1.20. The molecular formula is C14H14N4O. The van der Waals surface area contributed by atoms with E-state index in [-0.39, 0.29) is 5.56 Å². The zero-order valence-corrected chi connectivity index (χ0v) is 10.8. The molecule has 0 saturated carbocycles. The lowest BCUT2D eigenvalue weighted by Gasteiger charge is -2.18. The Morgan fingerprint density at radius 2 is 2.21 bits per heavy atom. The highest BCUT2D eigenvalue weighted by molar-refractivity contribution is 5.39. The Bertz CT molecular complexity index is 684. The first kappa shape index (κ1) is 12.8. The Morgan fingerprint density at radius 3 is 2.89 bits per heavy atom. The smallest absolute Gasteiger partial charge is 0.252 e. The van der Waals surface area contributed by atoms with Gasteiger partial charge in [-0.1, -0.05) is 12.1 Å². The molecule has 0 aliphatic rings. The molecule has 1 aromatic carbocycles. The van der Waals surface area contributed by atoms with E-state index in [0.29, 0.717) is 23.8 Å². The number of benzene rings is 1. The van der Waals surface area contributed by atoms with Crippen molar-refractivity contribution in [1.82, 2.24) is 9.97 Å². The van der Waals surface area contributed by atoms with Crippen LogP contribution in [0.4, 0.5) is 5.82 Å². The number of hydrogen-bond donors (Lipinski definition) is 1. The van der Waals surface area contributed by atoms with Crippen LogP contribution in [-0.2, 0) is 6.54 Å². The average Bonchev–Trinajstić information content (AvgIpc) is 2.37. The Hall–Kier alpha value is -2.61. The van der Waals surface area contributed by atoms with E-state index in [0.717, 1.165) is 5.56 Å². The largest absolute Gasteiger partial charge is 0.355 e. The van der Waals surface area contributed by atoms with E-state index in [1.165, 1.54) is 6.07 Å². The Labute approximate surface area is 111 Å². The number of H-pyrrole nitrogens is 1. The third kappa shape index (κ3) is 3.19. The van der Waals surface area contributed by atoms with Crippen molar-refractivity contribution >= 4 is 5.82 Å². The van der Waals surface area contributed by atoms with E-state index in [1.807, 2.05) is 30.1 Å². The predicted molar refractivity (Wildman–Crippen MR) is 72.9 cm³/mol. The van der Waals surface area contributed by atoms with Gasteiger partial charge in [0.15, 0.2) is 0 Å². The molecule has 1 aromatic heterocycles. The van der Waals surface area contributed by atoms with Gasteiger partial charge in [-0.05, 0) is 24.6 Å². The number of nitriles is 1. The van der Waals surface area contributed by atoms with Crippen LogP contribution in [0.25, 0.3) is 0 Å². The Morgan fingerprint density at radius 1 is 1.42 bits per heavy atom. The van der Waals surface area contributed by atoms with Crippen molar-refractivity contribution in [3.63, 3.8) is 0 Å². The number of aromatic nitrogens is 2. The van der Waals surface area contributed by atoms with Crippen molar-refractivity contribution in [2.45, 2.75) is 13.5 Å². The molecule has 0 aliphatic carbocycles. The quantitative estimate of drug-likeness (QED) is 0.902. The van der Waals surface area contributed by atoms with Gasteiger partial charge in [0.2, 0.25) is 0 Å². The van der Waals surface area contributed by atoms with Crippen molar-refractivity contribution in [1.29, 1.82) is 5.26 Å². The molecule has 0 fully saturated rings. The van der Waals surface area contributed by atoms with E-state index >= 15 is 0 Å². The van der Waals surface area contributed by atoms with Crippen LogP contribution in [0.5, 0.6) is 0 Å². The first-order chi connectivity index (χ1) is 9.08. The van der Waals surface area contributed by atoms with Crippen LogP contribution in [0.15, 0.2) is 35.1 Å². The Kier molecular flexibility index (Phi) is 3.62. The predicted octanol–water partition coefficient (Wildman–Crippen LogP) is 1.59. The number of hydrogen-bond acceptors (Lipinski definition) is 4. The maximum Gasteiger partial charge on any atom is 0.252 e. The molecule has 0 aliphatic heterocycles. The summed E-state index contributed by atoms with van der Waals surface area (Å²) in [6, 6.07) is 10.9. The second kappa shape index (κ2) is 5.36. The molecule has 1 N–H and O–H groups in total. The maximum absolute atomic E-state index is 11.4. The first-order valence-corrected chi connectivity index (χ1v) is 5.86. The fourth-order valence-electron chi connectivity index (χ4n) is 1.85. The molecular weight excluding hydrogens is 240 g/mol. The highest BCUT2D eigenvalue weighted by Crippen LogP contribution is 2.12. The van der Waals surface area contributed by atoms with Gasteiger partial charge in [-0.25, -0.2) is 4.98 Å². The minimum absolute atomic E-state index is 0.167. The highest BCUT2D eigenvalue weighted by Gasteiger charge is 2.06. The van der Waals surface area contributed by atoms with Crippen molar-refractivity contribution in [2.75, 3.05) is 11.9 Å².